The average molecular weight is 310 g/mol. The summed E-state index contributed by atoms with van der Waals surface area (Å²) in [5, 5.41) is 12.4. The molecule has 108 valence electrons. The van der Waals surface area contributed by atoms with Crippen molar-refractivity contribution in [2.24, 2.45) is 7.05 Å². The number of aryl methyl sites for hydroxylation is 1. The normalized spacial score (nSPS) is 11.4. The Labute approximate surface area is 124 Å². The van der Waals surface area contributed by atoms with Crippen LogP contribution in [0, 0.1) is 0 Å². The van der Waals surface area contributed by atoms with E-state index in [1.54, 1.807) is 6.07 Å². The summed E-state index contributed by atoms with van der Waals surface area (Å²) in [4.78, 5) is 16.1. The highest BCUT2D eigenvalue weighted by Gasteiger charge is 2.16. The van der Waals surface area contributed by atoms with E-state index < -0.39 is 5.69 Å². The molecule has 0 amide bonds. The lowest BCUT2D eigenvalue weighted by molar-refractivity contribution is 0.292. The van der Waals surface area contributed by atoms with Gasteiger partial charge in [0.05, 0.1) is 10.6 Å². The predicted molar refractivity (Wildman–Crippen MR) is 72.3 cm³/mol. The smallest absolute Gasteiger partial charge is 0.369 e. The summed E-state index contributed by atoms with van der Waals surface area (Å²) in [5.74, 6) is 0.489. The molecule has 0 spiro atoms. The van der Waals surface area contributed by atoms with E-state index in [-0.39, 0.29) is 18.3 Å². The van der Waals surface area contributed by atoms with E-state index in [2.05, 4.69) is 20.5 Å². The van der Waals surface area contributed by atoms with Gasteiger partial charge in [0.1, 0.15) is 6.61 Å². The Kier molecular flexibility index (Phi) is 3.09. The zero-order valence-electron chi connectivity index (χ0n) is 11.8. The second-order valence-electron chi connectivity index (χ2n) is 4.05. The van der Waals surface area contributed by atoms with Gasteiger partial charge in [-0.2, -0.15) is 4.68 Å². The van der Waals surface area contributed by atoms with Crippen LogP contribution >= 0.6 is 11.6 Å². The fourth-order valence-electron chi connectivity index (χ4n) is 1.66. The molecular weight excluding hydrogens is 298 g/mol. The number of hydrogen-bond acceptors (Lipinski definition) is 6. The number of aromatic nitrogens is 7. The first-order chi connectivity index (χ1) is 10.6. The summed E-state index contributed by atoms with van der Waals surface area (Å²) < 4.78 is 14.8. The van der Waals surface area contributed by atoms with E-state index in [9.17, 15) is 4.79 Å². The van der Waals surface area contributed by atoms with Gasteiger partial charge in [-0.3, -0.25) is 5.09 Å². The molecule has 0 bridgehead atoms. The molecule has 0 aromatic carbocycles. The molecule has 1 N–H and O–H groups in total. The highest BCUT2D eigenvalue weighted by Crippen LogP contribution is 2.21. The largest absolute Gasteiger partial charge is 0.472 e. The van der Waals surface area contributed by atoms with Crippen LogP contribution in [0.1, 0.15) is 5.56 Å². The van der Waals surface area contributed by atoms with Crippen molar-refractivity contribution in [2.75, 3.05) is 0 Å². The standard InChI is InChI=1S/C11H10ClN7O2/c1-18-11(20)19(17-16-18)10-7(8(12)2-4-13-10)6-21-9-3-5-14-15-9/h2-5H,6H2,1H3,(H,14,15)/i/hT. The van der Waals surface area contributed by atoms with Gasteiger partial charge in [-0.25, -0.2) is 9.78 Å². The second kappa shape index (κ2) is 5.37. The number of nitrogens with one attached hydrogen (secondary N) is 1. The van der Waals surface area contributed by atoms with E-state index in [4.69, 9.17) is 17.7 Å². The van der Waals surface area contributed by atoms with E-state index in [0.29, 0.717) is 10.6 Å². The Bertz CT molecular complexity index is 871. The first-order valence-electron chi connectivity index (χ1n) is 6.31. The molecule has 0 aliphatic heterocycles. The third-order valence-electron chi connectivity index (χ3n) is 2.70. The number of rotatable bonds is 4. The van der Waals surface area contributed by atoms with E-state index in [1.807, 2.05) is 0 Å². The van der Waals surface area contributed by atoms with Crippen molar-refractivity contribution in [3.63, 3.8) is 0 Å². The van der Waals surface area contributed by atoms with Gasteiger partial charge in [-0.05, 0) is 16.5 Å². The summed E-state index contributed by atoms with van der Waals surface area (Å²) >= 11 is 6.16. The van der Waals surface area contributed by atoms with Crippen LogP contribution in [0.4, 0.5) is 0 Å². The fourth-order valence-corrected chi connectivity index (χ4v) is 1.86. The number of hydrogen-bond donors (Lipinski definition) is 1. The molecule has 0 saturated carbocycles. The molecule has 0 atom stereocenters. The molecule has 10 heteroatoms. The van der Waals surface area contributed by atoms with Gasteiger partial charge < -0.3 is 4.74 Å². The molecule has 0 saturated heterocycles. The number of H-pyrrole nitrogens is 1. The summed E-state index contributed by atoms with van der Waals surface area (Å²) in [5.41, 5.74) is 0.0118. The third-order valence-corrected chi connectivity index (χ3v) is 3.06. The van der Waals surface area contributed by atoms with Crippen LogP contribution in [0.3, 0.4) is 0 Å². The van der Waals surface area contributed by atoms with Crippen molar-refractivity contribution in [3.05, 3.63) is 45.6 Å². The Morgan fingerprint density at radius 2 is 2.33 bits per heavy atom. The highest BCUT2D eigenvalue weighted by molar-refractivity contribution is 6.31. The maximum Gasteiger partial charge on any atom is 0.369 e. The van der Waals surface area contributed by atoms with Crippen LogP contribution in [0.5, 0.6) is 5.88 Å². The first kappa shape index (κ1) is 12.1. The second-order valence-corrected chi connectivity index (χ2v) is 4.46. The predicted octanol–water partition coefficient (Wildman–Crippen LogP) is 0.316. The van der Waals surface area contributed by atoms with Gasteiger partial charge in [-0.15, -0.1) is 9.78 Å². The summed E-state index contributed by atoms with van der Waals surface area (Å²) in [6.45, 7) is 0.0159. The fraction of sp³-hybridized carbons (Fsp3) is 0.182. The minimum absolute atomic E-state index is 0.0159. The molecule has 3 aromatic heterocycles. The van der Waals surface area contributed by atoms with Crippen molar-refractivity contribution < 1.29 is 6.15 Å². The van der Waals surface area contributed by atoms with Crippen molar-refractivity contribution in [3.8, 4) is 11.7 Å². The molecule has 0 unspecified atom stereocenters. The number of pyridine rings is 1. The third kappa shape index (κ3) is 2.50. The van der Waals surface area contributed by atoms with Gasteiger partial charge in [-0.1, -0.05) is 11.6 Å². The summed E-state index contributed by atoms with van der Waals surface area (Å²) in [7, 11) is 1.48. The topological polar surface area (TPSA) is 104 Å². The maximum atomic E-state index is 11.9. The molecule has 3 aromatic rings. The summed E-state index contributed by atoms with van der Waals surface area (Å²) in [6.07, 6.45) is 2.88. The molecule has 9 nitrogen and oxygen atoms in total. The van der Waals surface area contributed by atoms with Gasteiger partial charge in [0.2, 0.25) is 5.88 Å². The Morgan fingerprint density at radius 3 is 3.00 bits per heavy atom. The highest BCUT2D eigenvalue weighted by atomic mass is 35.5. The molecule has 0 aliphatic rings. The van der Waals surface area contributed by atoms with Crippen LogP contribution in [-0.2, 0) is 13.7 Å². The van der Waals surface area contributed by atoms with Crippen molar-refractivity contribution >= 4 is 11.6 Å². The summed E-state index contributed by atoms with van der Waals surface area (Å²) in [6, 6.07) is 3.11. The monoisotopic (exact) mass is 309 g/mol. The number of halogens is 1. The van der Waals surface area contributed by atoms with E-state index in [1.165, 1.54) is 25.5 Å². The molecule has 21 heavy (non-hydrogen) atoms. The van der Waals surface area contributed by atoms with Crippen LogP contribution in [-0.4, -0.2) is 35.0 Å². The molecule has 0 radical (unpaired) electrons. The lowest BCUT2D eigenvalue weighted by Crippen LogP contribution is -2.24. The van der Waals surface area contributed by atoms with E-state index in [0.717, 1.165) is 14.5 Å². The zero-order valence-corrected chi connectivity index (χ0v) is 11.6. The molecule has 3 rings (SSSR count). The number of aromatic amines is 1. The Morgan fingerprint density at radius 1 is 1.48 bits per heavy atom. The number of tetrazole rings is 1. The zero-order chi connectivity index (χ0) is 15.7. The number of nitrogens with zero attached hydrogens (tertiary/aromatic N) is 6. The lowest BCUT2D eigenvalue weighted by Gasteiger charge is -2.09. The van der Waals surface area contributed by atoms with Gasteiger partial charge in [0, 0.05) is 25.5 Å². The van der Waals surface area contributed by atoms with E-state index >= 15 is 0 Å². The van der Waals surface area contributed by atoms with Crippen LogP contribution in [0.25, 0.3) is 5.82 Å². The first-order valence-corrected chi connectivity index (χ1v) is 6.24. The average Bonchev–Trinajstić information content (AvgIpc) is 3.05. The van der Waals surface area contributed by atoms with Gasteiger partial charge >= 0.3 is 5.69 Å². The lowest BCUT2D eigenvalue weighted by atomic mass is 10.2. The SMILES string of the molecule is [3H]n1ccc(OCc2c(Cl)ccnc2-n2nnn(C)c2=O)n1. The van der Waals surface area contributed by atoms with Crippen molar-refractivity contribution in [1.29, 1.82) is 0 Å². The molecule has 3 heterocycles. The van der Waals surface area contributed by atoms with Gasteiger partial charge in [0.15, 0.2) is 7.23 Å². The van der Waals surface area contributed by atoms with Crippen molar-refractivity contribution in [1.82, 2.24) is 35.0 Å². The quantitative estimate of drug-likeness (QED) is 0.744. The minimum Gasteiger partial charge on any atom is -0.472 e. The van der Waals surface area contributed by atoms with Crippen LogP contribution in [0.2, 0.25) is 6.43 Å². The Balaban J connectivity index is 1.96. The maximum absolute atomic E-state index is 11.9. The van der Waals surface area contributed by atoms with Crippen LogP contribution < -0.4 is 10.4 Å². The number of ether oxygens (including phenoxy) is 1. The molecular formula is C11H10ClN7O2. The Hall–Kier alpha value is -2.68. The van der Waals surface area contributed by atoms with Crippen molar-refractivity contribution in [2.45, 2.75) is 6.61 Å². The van der Waals surface area contributed by atoms with Crippen LogP contribution in [0.15, 0.2) is 29.3 Å². The molecule has 0 aliphatic carbocycles. The minimum atomic E-state index is -0.452. The molecule has 0 fully saturated rings. The van der Waals surface area contributed by atoms with Gasteiger partial charge in [0.25, 0.3) is 0 Å².